The summed E-state index contributed by atoms with van der Waals surface area (Å²) in [4.78, 5) is 2.73. The highest BCUT2D eigenvalue weighted by Crippen LogP contribution is 2.32. The van der Waals surface area contributed by atoms with Crippen molar-refractivity contribution in [2.45, 2.75) is 71.4 Å². The van der Waals surface area contributed by atoms with Crippen molar-refractivity contribution in [3.05, 3.63) is 0 Å². The molecule has 0 aromatic heterocycles. The van der Waals surface area contributed by atoms with Crippen molar-refractivity contribution in [3.8, 4) is 0 Å². The molecule has 17 heavy (non-hydrogen) atoms. The van der Waals surface area contributed by atoms with Gasteiger partial charge in [-0.1, -0.05) is 33.6 Å². The molecule has 1 saturated carbocycles. The molecule has 0 bridgehead atoms. The van der Waals surface area contributed by atoms with E-state index in [1.807, 2.05) is 0 Å². The Labute approximate surface area is 107 Å². The highest BCUT2D eigenvalue weighted by Gasteiger charge is 2.34. The van der Waals surface area contributed by atoms with Crippen LogP contribution in [0.4, 0.5) is 0 Å². The summed E-state index contributed by atoms with van der Waals surface area (Å²) in [5.74, 6) is 0. The third-order valence-electron chi connectivity index (χ3n) is 5.00. The van der Waals surface area contributed by atoms with Crippen LogP contribution in [0.5, 0.6) is 0 Å². The summed E-state index contributed by atoms with van der Waals surface area (Å²) in [6.07, 6.45) is 8.49. The van der Waals surface area contributed by atoms with Gasteiger partial charge in [-0.2, -0.15) is 0 Å². The van der Waals surface area contributed by atoms with E-state index in [-0.39, 0.29) is 0 Å². The molecule has 2 nitrogen and oxygen atoms in total. The fraction of sp³-hybridized carbons (Fsp3) is 1.00. The third-order valence-corrected chi connectivity index (χ3v) is 5.00. The standard InChI is InChI=1S/C15H30N2/c1-4-17(13-8-5-6-9-13)12-14-15(2,3)10-7-11-16-14/h13-14,16H,4-12H2,1-3H3. The number of hydrogen-bond donors (Lipinski definition) is 1. The zero-order valence-electron chi connectivity index (χ0n) is 12.0. The van der Waals surface area contributed by atoms with Gasteiger partial charge in [0, 0.05) is 18.6 Å². The van der Waals surface area contributed by atoms with Crippen LogP contribution in [0.1, 0.15) is 59.3 Å². The van der Waals surface area contributed by atoms with E-state index in [4.69, 9.17) is 0 Å². The molecule has 0 aromatic rings. The Hall–Kier alpha value is -0.0800. The van der Waals surface area contributed by atoms with Crippen LogP contribution in [-0.2, 0) is 0 Å². The van der Waals surface area contributed by atoms with Gasteiger partial charge in [0.15, 0.2) is 0 Å². The van der Waals surface area contributed by atoms with Crippen LogP contribution in [0, 0.1) is 5.41 Å². The molecule has 100 valence electrons. The summed E-state index contributed by atoms with van der Waals surface area (Å²) in [6.45, 7) is 10.9. The molecule has 2 heteroatoms. The first-order valence-corrected chi connectivity index (χ1v) is 7.61. The summed E-state index contributed by atoms with van der Waals surface area (Å²) < 4.78 is 0. The topological polar surface area (TPSA) is 15.3 Å². The Bertz CT molecular complexity index is 231. The normalized spacial score (nSPS) is 30.0. The van der Waals surface area contributed by atoms with Gasteiger partial charge in [0.2, 0.25) is 0 Å². The Morgan fingerprint density at radius 1 is 1.18 bits per heavy atom. The van der Waals surface area contributed by atoms with Crippen LogP contribution in [0.3, 0.4) is 0 Å². The Morgan fingerprint density at radius 3 is 2.47 bits per heavy atom. The second kappa shape index (κ2) is 5.71. The van der Waals surface area contributed by atoms with Crippen LogP contribution in [0.15, 0.2) is 0 Å². The third kappa shape index (κ3) is 3.23. The van der Waals surface area contributed by atoms with Gasteiger partial charge in [-0.05, 0) is 44.2 Å². The molecule has 1 N–H and O–H groups in total. The second-order valence-corrected chi connectivity index (χ2v) is 6.62. The molecular formula is C15H30N2. The van der Waals surface area contributed by atoms with Crippen LogP contribution in [0.25, 0.3) is 0 Å². The van der Waals surface area contributed by atoms with Crippen molar-refractivity contribution in [1.82, 2.24) is 10.2 Å². The lowest BCUT2D eigenvalue weighted by Gasteiger charge is -2.43. The van der Waals surface area contributed by atoms with E-state index in [2.05, 4.69) is 31.0 Å². The molecule has 2 fully saturated rings. The summed E-state index contributed by atoms with van der Waals surface area (Å²) in [7, 11) is 0. The highest BCUT2D eigenvalue weighted by atomic mass is 15.2. The predicted octanol–water partition coefficient (Wildman–Crippen LogP) is 3.03. The molecule has 1 heterocycles. The maximum Gasteiger partial charge on any atom is 0.0246 e. The van der Waals surface area contributed by atoms with E-state index in [1.54, 1.807) is 0 Å². The lowest BCUT2D eigenvalue weighted by atomic mass is 9.77. The lowest BCUT2D eigenvalue weighted by Crippen LogP contribution is -2.54. The van der Waals surface area contributed by atoms with Crippen LogP contribution in [-0.4, -0.2) is 36.6 Å². The zero-order valence-corrected chi connectivity index (χ0v) is 12.0. The van der Waals surface area contributed by atoms with Crippen molar-refractivity contribution in [2.75, 3.05) is 19.6 Å². The number of rotatable bonds is 4. The van der Waals surface area contributed by atoms with Crippen LogP contribution >= 0.6 is 0 Å². The maximum absolute atomic E-state index is 3.76. The van der Waals surface area contributed by atoms with E-state index in [9.17, 15) is 0 Å². The molecule has 0 aromatic carbocycles. The quantitative estimate of drug-likeness (QED) is 0.810. The largest absolute Gasteiger partial charge is 0.312 e. The van der Waals surface area contributed by atoms with Crippen molar-refractivity contribution < 1.29 is 0 Å². The molecule has 1 unspecified atom stereocenters. The summed E-state index contributed by atoms with van der Waals surface area (Å²) >= 11 is 0. The molecule has 2 rings (SSSR count). The highest BCUT2D eigenvalue weighted by molar-refractivity contribution is 4.91. The zero-order chi connectivity index (χ0) is 12.3. The van der Waals surface area contributed by atoms with Crippen LogP contribution in [0.2, 0.25) is 0 Å². The van der Waals surface area contributed by atoms with Crippen LogP contribution < -0.4 is 5.32 Å². The Morgan fingerprint density at radius 2 is 1.88 bits per heavy atom. The molecule has 1 aliphatic carbocycles. The van der Waals surface area contributed by atoms with E-state index >= 15 is 0 Å². The minimum absolute atomic E-state index is 0.476. The minimum atomic E-state index is 0.476. The van der Waals surface area contributed by atoms with Crippen molar-refractivity contribution in [2.24, 2.45) is 5.41 Å². The van der Waals surface area contributed by atoms with Gasteiger partial charge < -0.3 is 5.32 Å². The average Bonchev–Trinajstić information content (AvgIpc) is 2.80. The number of nitrogens with one attached hydrogen (secondary N) is 1. The van der Waals surface area contributed by atoms with E-state index < -0.39 is 0 Å². The first-order chi connectivity index (χ1) is 8.13. The van der Waals surface area contributed by atoms with Crippen molar-refractivity contribution >= 4 is 0 Å². The molecular weight excluding hydrogens is 208 g/mol. The van der Waals surface area contributed by atoms with Gasteiger partial charge >= 0.3 is 0 Å². The summed E-state index contributed by atoms with van der Waals surface area (Å²) in [5, 5.41) is 3.76. The smallest absolute Gasteiger partial charge is 0.0246 e. The SMILES string of the molecule is CCN(CC1NCCCC1(C)C)C1CCCC1. The van der Waals surface area contributed by atoms with Crippen molar-refractivity contribution in [1.29, 1.82) is 0 Å². The number of piperidine rings is 1. The molecule has 2 aliphatic rings. The number of nitrogens with zero attached hydrogens (tertiary/aromatic N) is 1. The van der Waals surface area contributed by atoms with E-state index in [0.717, 1.165) is 6.04 Å². The molecule has 0 radical (unpaired) electrons. The maximum atomic E-state index is 3.76. The van der Waals surface area contributed by atoms with Gasteiger partial charge in [-0.3, -0.25) is 4.90 Å². The summed E-state index contributed by atoms with van der Waals surface area (Å²) in [6, 6.07) is 1.57. The van der Waals surface area contributed by atoms with Gasteiger partial charge in [-0.25, -0.2) is 0 Å². The second-order valence-electron chi connectivity index (χ2n) is 6.62. The molecule has 1 aliphatic heterocycles. The fourth-order valence-corrected chi connectivity index (χ4v) is 3.62. The first-order valence-electron chi connectivity index (χ1n) is 7.61. The van der Waals surface area contributed by atoms with Gasteiger partial charge in [0.25, 0.3) is 0 Å². The molecule has 1 atom stereocenters. The van der Waals surface area contributed by atoms with Gasteiger partial charge in [0.1, 0.15) is 0 Å². The summed E-state index contributed by atoms with van der Waals surface area (Å²) in [5.41, 5.74) is 0.476. The molecule has 1 saturated heterocycles. The minimum Gasteiger partial charge on any atom is -0.312 e. The Balaban J connectivity index is 1.92. The Kier molecular flexibility index (Phi) is 4.48. The van der Waals surface area contributed by atoms with Gasteiger partial charge in [0.05, 0.1) is 0 Å². The van der Waals surface area contributed by atoms with Gasteiger partial charge in [-0.15, -0.1) is 0 Å². The number of hydrogen-bond acceptors (Lipinski definition) is 2. The predicted molar refractivity (Wildman–Crippen MR) is 74.3 cm³/mol. The molecule has 0 amide bonds. The lowest BCUT2D eigenvalue weighted by molar-refractivity contribution is 0.106. The molecule has 0 spiro atoms. The van der Waals surface area contributed by atoms with E-state index in [1.165, 1.54) is 58.2 Å². The number of likely N-dealkylation sites (N-methyl/N-ethyl adjacent to an activating group) is 1. The van der Waals surface area contributed by atoms with Crippen molar-refractivity contribution in [3.63, 3.8) is 0 Å². The monoisotopic (exact) mass is 238 g/mol. The first kappa shape index (κ1) is 13.4. The average molecular weight is 238 g/mol. The van der Waals surface area contributed by atoms with E-state index in [0.29, 0.717) is 11.5 Å². The fourth-order valence-electron chi connectivity index (χ4n) is 3.62.